The number of ether oxygens (including phenoxy) is 1. The molecule has 2 heterocycles. The molecule has 1 N–H and O–H groups in total. The van der Waals surface area contributed by atoms with Crippen molar-refractivity contribution < 1.29 is 18.3 Å². The van der Waals surface area contributed by atoms with Crippen LogP contribution in [0, 0.1) is 6.92 Å². The van der Waals surface area contributed by atoms with Gasteiger partial charge in [-0.2, -0.15) is 0 Å². The van der Waals surface area contributed by atoms with Crippen LogP contribution in [0.15, 0.2) is 60.9 Å². The van der Waals surface area contributed by atoms with Gasteiger partial charge in [-0.05, 0) is 49.4 Å². The van der Waals surface area contributed by atoms with Gasteiger partial charge in [-0.1, -0.05) is 6.07 Å². The number of nitrogens with zero attached hydrogens (tertiary/aromatic N) is 3. The summed E-state index contributed by atoms with van der Waals surface area (Å²) >= 11 is 4.76. The molecule has 0 bridgehead atoms. The molecule has 0 unspecified atom stereocenters. The van der Waals surface area contributed by atoms with Crippen LogP contribution in [-0.2, 0) is 7.05 Å². The summed E-state index contributed by atoms with van der Waals surface area (Å²) in [7, 11) is 1.88. The largest absolute Gasteiger partial charge is 0.487 e. The molecule has 0 saturated heterocycles. The highest BCUT2D eigenvalue weighted by atomic mass is 35.5. The van der Waals surface area contributed by atoms with Gasteiger partial charge in [0.2, 0.25) is 0 Å². The van der Waals surface area contributed by atoms with Gasteiger partial charge in [-0.15, -0.1) is 8.78 Å². The summed E-state index contributed by atoms with van der Waals surface area (Å²) in [6.45, 7) is 1.89. The van der Waals surface area contributed by atoms with Crippen molar-refractivity contribution in [3.8, 4) is 16.9 Å². The van der Waals surface area contributed by atoms with Crippen LogP contribution >= 0.6 is 11.6 Å². The molecule has 0 aliphatic rings. The zero-order valence-corrected chi connectivity index (χ0v) is 17.3. The first-order valence-electron chi connectivity index (χ1n) is 9.26. The second-order valence-corrected chi connectivity index (χ2v) is 7.32. The maximum atomic E-state index is 12.9. The molecule has 0 radical (unpaired) electrons. The predicted molar refractivity (Wildman–Crippen MR) is 115 cm³/mol. The number of hydrogen-bond donors (Lipinski definition) is 1. The number of anilines is 1. The molecular weight excluding hydrogens is 426 g/mol. The first-order chi connectivity index (χ1) is 14.7. The summed E-state index contributed by atoms with van der Waals surface area (Å²) in [5.74, 6) is 0.329. The van der Waals surface area contributed by atoms with Crippen molar-refractivity contribution >= 4 is 34.2 Å². The highest BCUT2D eigenvalue weighted by molar-refractivity contribution is 6.20. The highest BCUT2D eigenvalue weighted by Gasteiger charge is 2.27. The number of nitrogens with one attached hydrogen (secondary N) is 1. The Morgan fingerprint density at radius 2 is 1.94 bits per heavy atom. The SMILES string of the molecule is Cc1nc2c(-c3cccnc3)cc(C(=O)Nc3ccc(OC(F)(F)Cl)cc3)cc2n1C. The number of hydrogen-bond acceptors (Lipinski definition) is 4. The van der Waals surface area contributed by atoms with Gasteiger partial charge in [0.05, 0.1) is 11.0 Å². The number of carbonyl (C=O) groups is 1. The molecule has 4 aromatic rings. The summed E-state index contributed by atoms with van der Waals surface area (Å²) in [6.07, 6.45) is 3.39. The van der Waals surface area contributed by atoms with E-state index >= 15 is 0 Å². The Morgan fingerprint density at radius 1 is 1.19 bits per heavy atom. The number of aromatic nitrogens is 3. The first kappa shape index (κ1) is 20.7. The number of carbonyl (C=O) groups excluding carboxylic acids is 1. The predicted octanol–water partition coefficient (Wildman–Crippen LogP) is 5.36. The molecule has 0 aliphatic carbocycles. The quantitative estimate of drug-likeness (QED) is 0.422. The van der Waals surface area contributed by atoms with E-state index in [1.807, 2.05) is 30.7 Å². The number of benzene rings is 2. The van der Waals surface area contributed by atoms with Crippen molar-refractivity contribution in [1.29, 1.82) is 0 Å². The van der Waals surface area contributed by atoms with Crippen LogP contribution in [-0.4, -0.2) is 26.0 Å². The lowest BCUT2D eigenvalue weighted by Crippen LogP contribution is -2.16. The third-order valence-corrected chi connectivity index (χ3v) is 4.87. The number of amides is 1. The van der Waals surface area contributed by atoms with Crippen molar-refractivity contribution in [3.05, 3.63) is 72.3 Å². The van der Waals surface area contributed by atoms with Gasteiger partial charge in [0.25, 0.3) is 5.91 Å². The maximum Gasteiger partial charge on any atom is 0.487 e. The van der Waals surface area contributed by atoms with Crippen LogP contribution < -0.4 is 10.1 Å². The number of imidazole rings is 1. The zero-order valence-electron chi connectivity index (χ0n) is 16.6. The minimum atomic E-state index is -3.80. The van der Waals surface area contributed by atoms with E-state index in [-0.39, 0.29) is 11.7 Å². The van der Waals surface area contributed by atoms with E-state index in [0.29, 0.717) is 11.3 Å². The standard InChI is InChI=1S/C22H17ClF2N4O2/c1-13-27-20-18(14-4-3-9-26-12-14)10-15(11-19(20)29(13)2)21(30)28-16-5-7-17(8-6-16)31-22(23,24)25/h3-12H,1-2H3,(H,28,30). The number of rotatable bonds is 5. The Hall–Kier alpha value is -3.52. The number of fused-ring (bicyclic) bond motifs is 1. The van der Waals surface area contributed by atoms with Crippen molar-refractivity contribution in [2.45, 2.75) is 12.5 Å². The van der Waals surface area contributed by atoms with Gasteiger partial charge in [0.1, 0.15) is 11.6 Å². The lowest BCUT2D eigenvalue weighted by molar-refractivity contribution is -0.0964. The second-order valence-electron chi connectivity index (χ2n) is 6.88. The van der Waals surface area contributed by atoms with Crippen LogP contribution in [0.25, 0.3) is 22.2 Å². The Balaban J connectivity index is 1.68. The van der Waals surface area contributed by atoms with Gasteiger partial charge in [0, 0.05) is 53.4 Å². The molecule has 1 amide bonds. The van der Waals surface area contributed by atoms with Crippen molar-refractivity contribution in [2.75, 3.05) is 5.32 Å². The van der Waals surface area contributed by atoms with E-state index in [2.05, 4.69) is 20.0 Å². The molecule has 31 heavy (non-hydrogen) atoms. The number of alkyl halides is 3. The van der Waals surface area contributed by atoms with Crippen molar-refractivity contribution in [2.24, 2.45) is 7.05 Å². The average molecular weight is 443 g/mol. The van der Waals surface area contributed by atoms with E-state index in [9.17, 15) is 13.6 Å². The molecule has 158 valence electrons. The van der Waals surface area contributed by atoms with E-state index in [0.717, 1.165) is 28.0 Å². The fourth-order valence-electron chi connectivity index (χ4n) is 3.22. The lowest BCUT2D eigenvalue weighted by Gasteiger charge is -2.12. The molecular formula is C22H17ClF2N4O2. The Kier molecular flexibility index (Phi) is 5.32. The first-order valence-corrected chi connectivity index (χ1v) is 9.64. The maximum absolute atomic E-state index is 12.9. The van der Waals surface area contributed by atoms with Gasteiger partial charge < -0.3 is 14.6 Å². The zero-order chi connectivity index (χ0) is 22.2. The molecule has 2 aromatic carbocycles. The van der Waals surface area contributed by atoms with Crippen LogP contribution in [0.2, 0.25) is 0 Å². The van der Waals surface area contributed by atoms with Crippen LogP contribution in [0.5, 0.6) is 5.75 Å². The topological polar surface area (TPSA) is 69.0 Å². The molecule has 0 fully saturated rings. The van der Waals surface area contributed by atoms with Crippen LogP contribution in [0.3, 0.4) is 0 Å². The number of pyridine rings is 1. The minimum Gasteiger partial charge on any atom is -0.420 e. The fourth-order valence-corrected chi connectivity index (χ4v) is 3.31. The van der Waals surface area contributed by atoms with Crippen molar-refractivity contribution in [1.82, 2.24) is 14.5 Å². The van der Waals surface area contributed by atoms with E-state index in [1.165, 1.54) is 24.3 Å². The average Bonchev–Trinajstić information content (AvgIpc) is 3.02. The Morgan fingerprint density at radius 3 is 2.58 bits per heavy atom. The molecule has 9 heteroatoms. The smallest absolute Gasteiger partial charge is 0.420 e. The number of aryl methyl sites for hydroxylation is 2. The summed E-state index contributed by atoms with van der Waals surface area (Å²) in [6, 6.07) is 12.7. The van der Waals surface area contributed by atoms with Crippen molar-refractivity contribution in [3.63, 3.8) is 0 Å². The summed E-state index contributed by atoms with van der Waals surface area (Å²) in [5.41, 5.74) is 0.229. The van der Waals surface area contributed by atoms with Gasteiger partial charge in [-0.25, -0.2) is 4.98 Å². The van der Waals surface area contributed by atoms with E-state index < -0.39 is 5.57 Å². The van der Waals surface area contributed by atoms with E-state index in [1.54, 1.807) is 24.5 Å². The molecule has 0 spiro atoms. The highest BCUT2D eigenvalue weighted by Crippen LogP contribution is 2.30. The minimum absolute atomic E-state index is 0.122. The monoisotopic (exact) mass is 442 g/mol. The van der Waals surface area contributed by atoms with Crippen LogP contribution in [0.4, 0.5) is 14.5 Å². The summed E-state index contributed by atoms with van der Waals surface area (Å²) < 4.78 is 31.7. The Bertz CT molecular complexity index is 1250. The summed E-state index contributed by atoms with van der Waals surface area (Å²) in [5, 5.41) is 2.76. The van der Waals surface area contributed by atoms with Crippen LogP contribution in [0.1, 0.15) is 16.2 Å². The molecule has 0 atom stereocenters. The molecule has 6 nitrogen and oxygen atoms in total. The molecule has 4 rings (SSSR count). The summed E-state index contributed by atoms with van der Waals surface area (Å²) in [4.78, 5) is 21.7. The third kappa shape index (κ3) is 4.49. The van der Waals surface area contributed by atoms with E-state index in [4.69, 9.17) is 11.6 Å². The molecule has 0 saturated carbocycles. The van der Waals surface area contributed by atoms with Gasteiger partial charge in [0.15, 0.2) is 0 Å². The second kappa shape index (κ2) is 7.96. The Labute approximate surface area is 181 Å². The lowest BCUT2D eigenvalue weighted by atomic mass is 10.0. The normalized spacial score (nSPS) is 11.5. The molecule has 2 aromatic heterocycles. The van der Waals surface area contributed by atoms with Gasteiger partial charge >= 0.3 is 5.57 Å². The van der Waals surface area contributed by atoms with Gasteiger partial charge in [-0.3, -0.25) is 9.78 Å². The third-order valence-electron chi connectivity index (χ3n) is 4.79. The molecule has 0 aliphatic heterocycles. The fraction of sp³-hybridized carbons (Fsp3) is 0.136. The number of halogens is 3.